The first kappa shape index (κ1) is 17.9. The number of cyclic esters (lactones) is 1. The topological polar surface area (TPSA) is 69.6 Å². The number of esters is 1. The lowest BCUT2D eigenvalue weighted by Gasteiger charge is -2.37. The van der Waals surface area contributed by atoms with E-state index in [9.17, 15) is 14.0 Å². The smallest absolute Gasteiger partial charge is 0.340 e. The van der Waals surface area contributed by atoms with Crippen molar-refractivity contribution in [2.45, 2.75) is 51.5 Å². The Kier molecular flexibility index (Phi) is 3.60. The minimum absolute atomic E-state index is 0.0398. The van der Waals surface area contributed by atoms with Gasteiger partial charge in [-0.1, -0.05) is 0 Å². The Morgan fingerprint density at radius 1 is 1.23 bits per heavy atom. The van der Waals surface area contributed by atoms with E-state index in [1.165, 1.54) is 18.3 Å². The van der Waals surface area contributed by atoms with Gasteiger partial charge in [-0.25, -0.2) is 9.18 Å². The molecule has 0 spiro atoms. The third kappa shape index (κ3) is 2.16. The number of nitrogens with one attached hydrogen (secondary N) is 1. The van der Waals surface area contributed by atoms with Crippen molar-refractivity contribution in [3.8, 4) is 0 Å². The maximum Gasteiger partial charge on any atom is 0.340 e. The molecule has 30 heavy (non-hydrogen) atoms. The van der Waals surface area contributed by atoms with Gasteiger partial charge in [-0.05, 0) is 60.6 Å². The highest BCUT2D eigenvalue weighted by Gasteiger charge is 2.41. The quantitative estimate of drug-likeness (QED) is 0.724. The number of halogens is 1. The van der Waals surface area contributed by atoms with Gasteiger partial charge in [-0.3, -0.25) is 4.79 Å². The second-order valence-electron chi connectivity index (χ2n) is 8.42. The van der Waals surface area contributed by atoms with Crippen molar-refractivity contribution >= 4 is 11.7 Å². The molecule has 2 aliphatic carbocycles. The van der Waals surface area contributed by atoms with E-state index in [0.29, 0.717) is 17.7 Å². The summed E-state index contributed by atoms with van der Waals surface area (Å²) in [5.74, 6) is -0.669. The van der Waals surface area contributed by atoms with E-state index < -0.39 is 12.1 Å². The van der Waals surface area contributed by atoms with Gasteiger partial charge in [-0.15, -0.1) is 0 Å². The van der Waals surface area contributed by atoms with E-state index in [0.717, 1.165) is 47.4 Å². The van der Waals surface area contributed by atoms with Crippen LogP contribution < -0.4 is 10.9 Å². The van der Waals surface area contributed by atoms with Crippen molar-refractivity contribution in [3.63, 3.8) is 0 Å². The fourth-order valence-corrected chi connectivity index (χ4v) is 5.56. The predicted molar refractivity (Wildman–Crippen MR) is 107 cm³/mol. The number of dihydropyridines is 1. The molecule has 0 saturated carbocycles. The van der Waals surface area contributed by atoms with E-state index in [2.05, 4.69) is 5.32 Å². The number of hydrogen-bond acceptors (Lipinski definition) is 5. The summed E-state index contributed by atoms with van der Waals surface area (Å²) in [4.78, 5) is 25.4. The molecule has 2 atom stereocenters. The highest BCUT2D eigenvalue weighted by atomic mass is 19.1. The van der Waals surface area contributed by atoms with Crippen molar-refractivity contribution in [3.05, 3.63) is 73.0 Å². The second-order valence-corrected chi connectivity index (χ2v) is 8.42. The fraction of sp³-hybridized carbons (Fsp3) is 0.391. The summed E-state index contributed by atoms with van der Waals surface area (Å²) < 4.78 is 26.8. The number of fused-ring (bicyclic) bond motifs is 4. The van der Waals surface area contributed by atoms with E-state index in [1.54, 1.807) is 10.6 Å². The van der Waals surface area contributed by atoms with Crippen molar-refractivity contribution in [1.82, 2.24) is 9.88 Å². The van der Waals surface area contributed by atoms with Gasteiger partial charge in [0.15, 0.2) is 6.10 Å². The lowest BCUT2D eigenvalue weighted by Crippen LogP contribution is -2.37. The minimum Gasteiger partial charge on any atom is -0.458 e. The Labute approximate surface area is 172 Å². The van der Waals surface area contributed by atoms with Crippen molar-refractivity contribution in [2.75, 3.05) is 7.11 Å². The van der Waals surface area contributed by atoms with Crippen LogP contribution in [0.1, 0.15) is 49.1 Å². The van der Waals surface area contributed by atoms with Gasteiger partial charge in [0.25, 0.3) is 5.56 Å². The Bertz CT molecular complexity index is 1230. The van der Waals surface area contributed by atoms with E-state index in [-0.39, 0.29) is 24.0 Å². The number of methoxy groups -OCH3 is 1. The molecule has 4 heterocycles. The number of carbonyl (C=O) groups excluding carboxylic acids is 1. The van der Waals surface area contributed by atoms with Gasteiger partial charge in [0.05, 0.1) is 29.5 Å². The number of ether oxygens (including phenoxy) is 2. The molecule has 0 bridgehead atoms. The number of allylic oxidation sites excluding steroid dienone is 4. The van der Waals surface area contributed by atoms with Gasteiger partial charge < -0.3 is 19.4 Å². The van der Waals surface area contributed by atoms with E-state index in [4.69, 9.17) is 9.47 Å². The molecule has 0 aromatic carbocycles. The molecule has 6 rings (SSSR count). The molecule has 0 saturated heterocycles. The largest absolute Gasteiger partial charge is 0.458 e. The number of pyridine rings is 1. The molecule has 1 aromatic heterocycles. The molecule has 154 valence electrons. The van der Waals surface area contributed by atoms with Crippen molar-refractivity contribution in [2.24, 2.45) is 0 Å². The SMILES string of the molecule is CO[C@@H]1C(=O)OCc2c1cc1n(c2=O)CC2=C1NC1C=C(F)C(C)=C3CCCC2=C31. The summed E-state index contributed by atoms with van der Waals surface area (Å²) in [7, 11) is 1.43. The summed E-state index contributed by atoms with van der Waals surface area (Å²) in [6.07, 6.45) is 3.50. The lowest BCUT2D eigenvalue weighted by atomic mass is 9.74. The Morgan fingerprint density at radius 3 is 2.83 bits per heavy atom. The molecule has 1 aromatic rings. The number of hydrogen-bond donors (Lipinski definition) is 1. The Hall–Kier alpha value is -2.93. The highest BCUT2D eigenvalue weighted by molar-refractivity contribution is 5.82. The Morgan fingerprint density at radius 2 is 2.03 bits per heavy atom. The maximum absolute atomic E-state index is 14.6. The lowest BCUT2D eigenvalue weighted by molar-refractivity contribution is -0.159. The molecule has 0 amide bonds. The van der Waals surface area contributed by atoms with Crippen molar-refractivity contribution < 1.29 is 18.7 Å². The number of rotatable bonds is 1. The molecule has 0 radical (unpaired) electrons. The van der Waals surface area contributed by atoms with Crippen LogP contribution >= 0.6 is 0 Å². The Balaban J connectivity index is 1.56. The van der Waals surface area contributed by atoms with Crippen LogP contribution in [0.5, 0.6) is 0 Å². The predicted octanol–water partition coefficient (Wildman–Crippen LogP) is 2.95. The number of aromatic nitrogens is 1. The fourth-order valence-electron chi connectivity index (χ4n) is 5.56. The summed E-state index contributed by atoms with van der Waals surface area (Å²) in [6, 6.07) is 1.62. The van der Waals surface area contributed by atoms with Gasteiger partial charge in [0, 0.05) is 18.2 Å². The van der Waals surface area contributed by atoms with Gasteiger partial charge in [-0.2, -0.15) is 0 Å². The second kappa shape index (κ2) is 6.04. The summed E-state index contributed by atoms with van der Waals surface area (Å²) in [6.45, 7) is 2.28. The molecule has 7 heteroatoms. The van der Waals surface area contributed by atoms with Crippen LogP contribution in [0.2, 0.25) is 0 Å². The monoisotopic (exact) mass is 408 g/mol. The summed E-state index contributed by atoms with van der Waals surface area (Å²) >= 11 is 0. The third-order valence-corrected chi connectivity index (χ3v) is 7.00. The molecular formula is C23H21FN2O4. The number of carbonyl (C=O) groups is 1. The first-order valence-corrected chi connectivity index (χ1v) is 10.3. The molecular weight excluding hydrogens is 387 g/mol. The van der Waals surface area contributed by atoms with Gasteiger partial charge in [0.1, 0.15) is 12.4 Å². The average molecular weight is 408 g/mol. The van der Waals surface area contributed by atoms with Crippen LogP contribution in [0.25, 0.3) is 5.70 Å². The van der Waals surface area contributed by atoms with Gasteiger partial charge in [0.2, 0.25) is 0 Å². The highest BCUT2D eigenvalue weighted by Crippen LogP contribution is 2.48. The van der Waals surface area contributed by atoms with Crippen LogP contribution in [-0.2, 0) is 27.4 Å². The number of nitrogens with zero attached hydrogens (tertiary/aromatic N) is 1. The molecule has 1 unspecified atom stereocenters. The summed E-state index contributed by atoms with van der Waals surface area (Å²) in [5, 5.41) is 3.49. The third-order valence-electron chi connectivity index (χ3n) is 7.00. The molecule has 3 aliphatic heterocycles. The molecule has 1 N–H and O–H groups in total. The zero-order valence-corrected chi connectivity index (χ0v) is 16.8. The standard InChI is InChI=1S/C23H21FN2O4/c1-10-11-4-3-5-12-14-8-26-18(20(14)25-17(19(11)12)7-16(10)24)6-13-15(22(26)27)9-30-23(28)21(13)29-2/h6-7,17,21,25H,3-5,8-9H2,1-2H3/t17?,21-/m0/s1. The van der Waals surface area contributed by atoms with E-state index in [1.807, 2.05) is 13.0 Å². The molecule has 5 aliphatic rings. The summed E-state index contributed by atoms with van der Waals surface area (Å²) in [5.41, 5.74) is 7.78. The van der Waals surface area contributed by atoms with Crippen LogP contribution in [0.15, 0.2) is 50.6 Å². The van der Waals surface area contributed by atoms with Crippen LogP contribution in [0.3, 0.4) is 0 Å². The zero-order chi connectivity index (χ0) is 20.7. The zero-order valence-electron chi connectivity index (χ0n) is 16.8. The maximum atomic E-state index is 14.6. The van der Waals surface area contributed by atoms with E-state index >= 15 is 0 Å². The van der Waals surface area contributed by atoms with Crippen LogP contribution in [0, 0.1) is 0 Å². The first-order chi connectivity index (χ1) is 14.5. The first-order valence-electron chi connectivity index (χ1n) is 10.3. The van der Waals surface area contributed by atoms with Crippen molar-refractivity contribution in [1.29, 1.82) is 0 Å². The van der Waals surface area contributed by atoms with Crippen LogP contribution in [0.4, 0.5) is 4.39 Å². The van der Waals surface area contributed by atoms with Crippen LogP contribution in [-0.4, -0.2) is 23.7 Å². The minimum atomic E-state index is -0.908. The average Bonchev–Trinajstić information content (AvgIpc) is 3.11. The molecule has 6 nitrogen and oxygen atoms in total. The normalized spacial score (nSPS) is 26.5. The molecule has 0 fully saturated rings. The van der Waals surface area contributed by atoms with Gasteiger partial charge >= 0.3 is 5.97 Å².